The Morgan fingerprint density at radius 1 is 1.39 bits per heavy atom. The molecule has 2 rings (SSSR count). The first-order valence-corrected chi connectivity index (χ1v) is 5.81. The van der Waals surface area contributed by atoms with Gasteiger partial charge in [-0.05, 0) is 26.0 Å². The van der Waals surface area contributed by atoms with Crippen LogP contribution < -0.4 is 10.9 Å². The minimum absolute atomic E-state index is 0.00511. The summed E-state index contributed by atoms with van der Waals surface area (Å²) in [5, 5.41) is 3.27. The lowest BCUT2D eigenvalue weighted by Crippen LogP contribution is -2.36. The fourth-order valence-electron chi connectivity index (χ4n) is 1.74. The Hall–Kier alpha value is -2.17. The maximum Gasteiger partial charge on any atom is 0.261 e. The van der Waals surface area contributed by atoms with E-state index in [4.69, 9.17) is 0 Å². The summed E-state index contributed by atoms with van der Waals surface area (Å²) in [4.78, 5) is 27.9. The van der Waals surface area contributed by atoms with Gasteiger partial charge in [-0.1, -0.05) is 12.1 Å². The van der Waals surface area contributed by atoms with Gasteiger partial charge < -0.3 is 5.32 Å². The molecule has 0 radical (unpaired) electrons. The van der Waals surface area contributed by atoms with Gasteiger partial charge in [-0.25, -0.2) is 4.98 Å². The van der Waals surface area contributed by atoms with Gasteiger partial charge in [0, 0.05) is 6.04 Å². The molecule has 1 N–H and O–H groups in total. The number of amides is 1. The van der Waals surface area contributed by atoms with Crippen molar-refractivity contribution in [2.75, 3.05) is 0 Å². The summed E-state index contributed by atoms with van der Waals surface area (Å²) < 4.78 is 1.32. The second kappa shape index (κ2) is 5.00. The average Bonchev–Trinajstić information content (AvgIpc) is 2.32. The SMILES string of the molecule is CC(C)NC(=O)Cn1cnc2ccccc2c1=O. The summed E-state index contributed by atoms with van der Waals surface area (Å²) in [5.41, 5.74) is 0.447. The number of carbonyl (C=O) groups excluding carboxylic acids is 1. The molecule has 5 nitrogen and oxygen atoms in total. The van der Waals surface area contributed by atoms with Gasteiger partial charge in [-0.2, -0.15) is 0 Å². The first kappa shape index (κ1) is 12.3. The summed E-state index contributed by atoms with van der Waals surface area (Å²) in [6, 6.07) is 7.15. The van der Waals surface area contributed by atoms with E-state index >= 15 is 0 Å². The van der Waals surface area contributed by atoms with Crippen LogP contribution >= 0.6 is 0 Å². The monoisotopic (exact) mass is 245 g/mol. The maximum absolute atomic E-state index is 12.1. The molecule has 0 fully saturated rings. The largest absolute Gasteiger partial charge is 0.352 e. The fraction of sp³-hybridized carbons (Fsp3) is 0.308. The Morgan fingerprint density at radius 3 is 2.83 bits per heavy atom. The van der Waals surface area contributed by atoms with Crippen molar-refractivity contribution in [3.05, 3.63) is 40.9 Å². The number of fused-ring (bicyclic) bond motifs is 1. The minimum atomic E-state index is -0.195. The zero-order valence-corrected chi connectivity index (χ0v) is 10.4. The minimum Gasteiger partial charge on any atom is -0.352 e. The summed E-state index contributed by atoms with van der Waals surface area (Å²) in [7, 11) is 0. The molecule has 0 spiro atoms. The smallest absolute Gasteiger partial charge is 0.261 e. The van der Waals surface area contributed by atoms with Gasteiger partial charge in [-0.15, -0.1) is 0 Å². The van der Waals surface area contributed by atoms with Crippen molar-refractivity contribution in [3.63, 3.8) is 0 Å². The van der Waals surface area contributed by atoms with Gasteiger partial charge in [0.1, 0.15) is 6.54 Å². The molecule has 5 heteroatoms. The van der Waals surface area contributed by atoms with E-state index < -0.39 is 0 Å². The van der Waals surface area contributed by atoms with Crippen LogP contribution in [-0.2, 0) is 11.3 Å². The van der Waals surface area contributed by atoms with Crippen molar-refractivity contribution in [3.8, 4) is 0 Å². The van der Waals surface area contributed by atoms with E-state index in [0.717, 1.165) is 0 Å². The molecule has 18 heavy (non-hydrogen) atoms. The number of benzene rings is 1. The Bertz CT molecular complexity index is 631. The average molecular weight is 245 g/mol. The third-order valence-corrected chi connectivity index (χ3v) is 2.50. The number of hydrogen-bond acceptors (Lipinski definition) is 3. The third kappa shape index (κ3) is 2.56. The zero-order chi connectivity index (χ0) is 13.1. The van der Waals surface area contributed by atoms with Gasteiger partial charge in [0.05, 0.1) is 17.2 Å². The summed E-state index contributed by atoms with van der Waals surface area (Å²) >= 11 is 0. The van der Waals surface area contributed by atoms with E-state index in [9.17, 15) is 9.59 Å². The van der Waals surface area contributed by atoms with E-state index in [1.54, 1.807) is 18.2 Å². The Kier molecular flexibility index (Phi) is 3.41. The van der Waals surface area contributed by atoms with Gasteiger partial charge in [-0.3, -0.25) is 14.2 Å². The Morgan fingerprint density at radius 2 is 2.11 bits per heavy atom. The van der Waals surface area contributed by atoms with Crippen molar-refractivity contribution in [1.82, 2.24) is 14.9 Å². The van der Waals surface area contributed by atoms with Gasteiger partial charge >= 0.3 is 0 Å². The van der Waals surface area contributed by atoms with E-state index in [2.05, 4.69) is 10.3 Å². The molecule has 0 aliphatic carbocycles. The van der Waals surface area contributed by atoms with E-state index in [1.165, 1.54) is 10.9 Å². The van der Waals surface area contributed by atoms with Crippen molar-refractivity contribution in [2.45, 2.75) is 26.4 Å². The standard InChI is InChI=1S/C13H15N3O2/c1-9(2)15-12(17)7-16-8-14-11-6-4-3-5-10(11)13(16)18/h3-6,8-9H,7H2,1-2H3,(H,15,17). The number of nitrogens with one attached hydrogen (secondary N) is 1. The van der Waals surface area contributed by atoms with Gasteiger partial charge in [0.15, 0.2) is 0 Å². The second-order valence-electron chi connectivity index (χ2n) is 4.42. The molecule has 0 unspecified atom stereocenters. The highest BCUT2D eigenvalue weighted by Gasteiger charge is 2.08. The van der Waals surface area contributed by atoms with Crippen molar-refractivity contribution >= 4 is 16.8 Å². The Labute approximate surface area is 104 Å². The quantitative estimate of drug-likeness (QED) is 0.874. The summed E-state index contributed by atoms with van der Waals surface area (Å²) in [6.45, 7) is 3.74. The molecule has 0 saturated carbocycles. The number of nitrogens with zero attached hydrogens (tertiary/aromatic N) is 2. The molecule has 0 bridgehead atoms. The molecule has 1 aromatic carbocycles. The first-order valence-electron chi connectivity index (χ1n) is 5.81. The molecule has 1 amide bonds. The van der Waals surface area contributed by atoms with Crippen LogP contribution in [-0.4, -0.2) is 21.5 Å². The molecule has 0 aliphatic rings. The van der Waals surface area contributed by atoms with Crippen molar-refractivity contribution in [1.29, 1.82) is 0 Å². The molecular weight excluding hydrogens is 230 g/mol. The molecule has 94 valence electrons. The van der Waals surface area contributed by atoms with Crippen LogP contribution in [0.2, 0.25) is 0 Å². The second-order valence-corrected chi connectivity index (χ2v) is 4.42. The number of para-hydroxylation sites is 1. The van der Waals surface area contributed by atoms with E-state index in [-0.39, 0.29) is 24.1 Å². The summed E-state index contributed by atoms with van der Waals surface area (Å²) in [6.07, 6.45) is 1.41. The lowest BCUT2D eigenvalue weighted by Gasteiger charge is -2.09. The predicted molar refractivity (Wildman–Crippen MR) is 69.3 cm³/mol. The van der Waals surface area contributed by atoms with Crippen LogP contribution in [0, 0.1) is 0 Å². The molecule has 1 aromatic heterocycles. The molecule has 0 aliphatic heterocycles. The number of hydrogen-bond donors (Lipinski definition) is 1. The number of aromatic nitrogens is 2. The molecule has 2 aromatic rings. The summed E-state index contributed by atoms with van der Waals surface area (Å²) in [5.74, 6) is -0.191. The Balaban J connectivity index is 2.32. The zero-order valence-electron chi connectivity index (χ0n) is 10.4. The number of carbonyl (C=O) groups is 1. The van der Waals surface area contributed by atoms with Gasteiger partial charge in [0.2, 0.25) is 5.91 Å². The van der Waals surface area contributed by atoms with Crippen LogP contribution in [0.25, 0.3) is 10.9 Å². The lowest BCUT2D eigenvalue weighted by molar-refractivity contribution is -0.122. The normalized spacial score (nSPS) is 10.8. The van der Waals surface area contributed by atoms with E-state index in [1.807, 2.05) is 19.9 Å². The predicted octanol–water partition coefficient (Wildman–Crippen LogP) is 0.921. The third-order valence-electron chi connectivity index (χ3n) is 2.50. The lowest BCUT2D eigenvalue weighted by atomic mass is 10.2. The van der Waals surface area contributed by atoms with Crippen LogP contribution in [0.15, 0.2) is 35.4 Å². The first-order chi connectivity index (χ1) is 8.58. The molecule has 0 saturated heterocycles. The van der Waals surface area contributed by atoms with Crippen LogP contribution in [0.5, 0.6) is 0 Å². The van der Waals surface area contributed by atoms with Crippen LogP contribution in [0.4, 0.5) is 0 Å². The van der Waals surface area contributed by atoms with Crippen molar-refractivity contribution in [2.24, 2.45) is 0 Å². The fourth-order valence-corrected chi connectivity index (χ4v) is 1.74. The molecule has 0 atom stereocenters. The highest BCUT2D eigenvalue weighted by atomic mass is 16.2. The highest BCUT2D eigenvalue weighted by Crippen LogP contribution is 2.04. The van der Waals surface area contributed by atoms with Gasteiger partial charge in [0.25, 0.3) is 5.56 Å². The highest BCUT2D eigenvalue weighted by molar-refractivity contribution is 5.78. The van der Waals surface area contributed by atoms with E-state index in [0.29, 0.717) is 10.9 Å². The van der Waals surface area contributed by atoms with Crippen molar-refractivity contribution < 1.29 is 4.79 Å². The molecular formula is C13H15N3O2. The topological polar surface area (TPSA) is 64.0 Å². The molecule has 1 heterocycles. The maximum atomic E-state index is 12.1. The number of rotatable bonds is 3. The van der Waals surface area contributed by atoms with Crippen LogP contribution in [0.1, 0.15) is 13.8 Å². The van der Waals surface area contributed by atoms with Crippen LogP contribution in [0.3, 0.4) is 0 Å².